The van der Waals surface area contributed by atoms with Crippen molar-refractivity contribution in [1.82, 2.24) is 5.32 Å². The first-order valence-corrected chi connectivity index (χ1v) is 11.5. The van der Waals surface area contributed by atoms with E-state index in [0.717, 1.165) is 42.5 Å². The van der Waals surface area contributed by atoms with Crippen molar-refractivity contribution in [2.24, 2.45) is 0 Å². The number of urea groups is 1. The second-order valence-corrected chi connectivity index (χ2v) is 9.20. The quantitative estimate of drug-likeness (QED) is 0.490. The van der Waals surface area contributed by atoms with E-state index in [1.807, 2.05) is 6.07 Å². The van der Waals surface area contributed by atoms with E-state index in [-0.39, 0.29) is 30.3 Å². The summed E-state index contributed by atoms with van der Waals surface area (Å²) in [6.07, 6.45) is 2.94. The Labute approximate surface area is 189 Å². The van der Waals surface area contributed by atoms with Crippen molar-refractivity contribution >= 4 is 11.7 Å². The van der Waals surface area contributed by atoms with Gasteiger partial charge in [0.2, 0.25) is 0 Å². The smallest absolute Gasteiger partial charge is 0.319 e. The molecule has 0 spiro atoms. The maximum Gasteiger partial charge on any atom is 0.319 e. The number of anilines is 1. The molecular weight excluding hydrogens is 410 g/mol. The van der Waals surface area contributed by atoms with E-state index < -0.39 is 11.6 Å². The zero-order chi connectivity index (χ0) is 23.3. The molecule has 0 radical (unpaired) electrons. The fourth-order valence-corrected chi connectivity index (χ4v) is 4.28. The second kappa shape index (κ2) is 10.9. The Morgan fingerprint density at radius 3 is 2.00 bits per heavy atom. The zero-order valence-corrected chi connectivity index (χ0v) is 19.4. The minimum atomic E-state index is -0.584. The van der Waals surface area contributed by atoms with Gasteiger partial charge in [0.05, 0.1) is 12.7 Å². The van der Waals surface area contributed by atoms with Gasteiger partial charge in [-0.3, -0.25) is 0 Å². The minimum Gasteiger partial charge on any atom is -0.373 e. The molecule has 1 saturated carbocycles. The molecule has 0 unspecified atom stereocenters. The molecule has 0 atom stereocenters. The van der Waals surface area contributed by atoms with E-state index in [0.29, 0.717) is 11.8 Å². The van der Waals surface area contributed by atoms with Gasteiger partial charge in [0.15, 0.2) is 0 Å². The molecular formula is C26H34F2N2O2. The van der Waals surface area contributed by atoms with Crippen molar-refractivity contribution in [3.8, 4) is 0 Å². The molecule has 0 bridgehead atoms. The number of para-hydroxylation sites is 1. The van der Waals surface area contributed by atoms with Crippen LogP contribution in [-0.4, -0.2) is 18.2 Å². The maximum atomic E-state index is 13.8. The monoisotopic (exact) mass is 444 g/mol. The first-order valence-electron chi connectivity index (χ1n) is 11.5. The highest BCUT2D eigenvalue weighted by molar-refractivity contribution is 5.91. The average Bonchev–Trinajstić information content (AvgIpc) is 2.74. The highest BCUT2D eigenvalue weighted by Crippen LogP contribution is 2.32. The second-order valence-electron chi connectivity index (χ2n) is 9.20. The van der Waals surface area contributed by atoms with Crippen LogP contribution in [0.4, 0.5) is 19.3 Å². The van der Waals surface area contributed by atoms with Gasteiger partial charge in [-0.2, -0.15) is 0 Å². The summed E-state index contributed by atoms with van der Waals surface area (Å²) in [5.41, 5.74) is 3.13. The molecule has 0 heterocycles. The molecule has 0 aromatic heterocycles. The molecule has 2 amide bonds. The van der Waals surface area contributed by atoms with Crippen LogP contribution in [0.1, 0.15) is 81.9 Å². The third-order valence-corrected chi connectivity index (χ3v) is 6.15. The molecule has 1 fully saturated rings. The number of carbonyl (C=O) groups is 1. The number of benzene rings is 2. The zero-order valence-electron chi connectivity index (χ0n) is 19.4. The molecule has 1 aliphatic rings. The summed E-state index contributed by atoms with van der Waals surface area (Å²) in [4.78, 5) is 12.8. The lowest BCUT2D eigenvalue weighted by atomic mass is 9.92. The number of hydrogen-bond donors (Lipinski definition) is 2. The van der Waals surface area contributed by atoms with Gasteiger partial charge in [-0.25, -0.2) is 13.6 Å². The van der Waals surface area contributed by atoms with E-state index in [9.17, 15) is 13.6 Å². The molecule has 174 valence electrons. The van der Waals surface area contributed by atoms with Gasteiger partial charge < -0.3 is 15.4 Å². The molecule has 2 aromatic rings. The number of rotatable bonds is 7. The van der Waals surface area contributed by atoms with Gasteiger partial charge in [-0.1, -0.05) is 52.0 Å². The lowest BCUT2D eigenvalue weighted by Crippen LogP contribution is -2.41. The van der Waals surface area contributed by atoms with Gasteiger partial charge in [-0.15, -0.1) is 0 Å². The van der Waals surface area contributed by atoms with Gasteiger partial charge in [0, 0.05) is 17.3 Å². The molecule has 2 aromatic carbocycles. The van der Waals surface area contributed by atoms with Gasteiger partial charge in [-0.05, 0) is 60.8 Å². The van der Waals surface area contributed by atoms with E-state index in [1.54, 1.807) is 0 Å². The van der Waals surface area contributed by atoms with E-state index in [1.165, 1.54) is 18.2 Å². The van der Waals surface area contributed by atoms with Crippen molar-refractivity contribution in [3.05, 3.63) is 64.7 Å². The van der Waals surface area contributed by atoms with E-state index >= 15 is 0 Å². The Hall–Kier alpha value is -2.47. The highest BCUT2D eigenvalue weighted by Gasteiger charge is 2.24. The SMILES string of the molecule is CC(C)c1cccc(C(C)C)c1NC(=O)NC1CCC(OCc2c(F)cccc2F)CC1. The fraction of sp³-hybridized carbons (Fsp3) is 0.500. The first-order chi connectivity index (χ1) is 15.3. The summed E-state index contributed by atoms with van der Waals surface area (Å²) >= 11 is 0. The molecule has 32 heavy (non-hydrogen) atoms. The summed E-state index contributed by atoms with van der Waals surface area (Å²) in [7, 11) is 0. The van der Waals surface area contributed by atoms with Crippen LogP contribution in [0.2, 0.25) is 0 Å². The fourth-order valence-electron chi connectivity index (χ4n) is 4.28. The number of hydrogen-bond acceptors (Lipinski definition) is 2. The number of amides is 2. The third-order valence-electron chi connectivity index (χ3n) is 6.15. The Kier molecular flexibility index (Phi) is 8.24. The maximum absolute atomic E-state index is 13.8. The standard InChI is InChI=1S/C26H34F2N2O2/c1-16(2)20-7-5-8-21(17(3)4)25(20)30-26(31)29-18-11-13-19(14-12-18)32-15-22-23(27)9-6-10-24(22)28/h5-10,16-19H,11-15H2,1-4H3,(H2,29,30,31). The van der Waals surface area contributed by atoms with Crippen molar-refractivity contribution < 1.29 is 18.3 Å². The van der Waals surface area contributed by atoms with Crippen molar-refractivity contribution in [1.29, 1.82) is 0 Å². The van der Waals surface area contributed by atoms with Crippen LogP contribution in [0, 0.1) is 11.6 Å². The predicted molar refractivity (Wildman–Crippen MR) is 124 cm³/mol. The summed E-state index contributed by atoms with van der Waals surface area (Å²) in [6, 6.07) is 9.85. The van der Waals surface area contributed by atoms with Gasteiger partial charge in [0.1, 0.15) is 11.6 Å². The minimum absolute atomic E-state index is 0.0306. The van der Waals surface area contributed by atoms with Crippen LogP contribution < -0.4 is 10.6 Å². The summed E-state index contributed by atoms with van der Waals surface area (Å²) in [5, 5.41) is 6.18. The Balaban J connectivity index is 1.52. The molecule has 6 heteroatoms. The Bertz CT molecular complexity index is 876. The largest absolute Gasteiger partial charge is 0.373 e. The summed E-state index contributed by atoms with van der Waals surface area (Å²) in [6.45, 7) is 8.41. The van der Waals surface area contributed by atoms with Crippen molar-refractivity contribution in [2.75, 3.05) is 5.32 Å². The van der Waals surface area contributed by atoms with Crippen LogP contribution in [-0.2, 0) is 11.3 Å². The third kappa shape index (κ3) is 6.06. The molecule has 3 rings (SSSR count). The number of ether oxygens (including phenoxy) is 1. The van der Waals surface area contributed by atoms with Crippen LogP contribution >= 0.6 is 0 Å². The topological polar surface area (TPSA) is 50.4 Å². The van der Waals surface area contributed by atoms with Crippen LogP contribution in [0.25, 0.3) is 0 Å². The molecule has 4 nitrogen and oxygen atoms in total. The van der Waals surface area contributed by atoms with Gasteiger partial charge >= 0.3 is 6.03 Å². The van der Waals surface area contributed by atoms with Gasteiger partial charge in [0.25, 0.3) is 0 Å². The molecule has 0 aliphatic heterocycles. The summed E-state index contributed by atoms with van der Waals surface area (Å²) in [5.74, 6) is -0.564. The van der Waals surface area contributed by atoms with Crippen molar-refractivity contribution in [3.63, 3.8) is 0 Å². The van der Waals surface area contributed by atoms with Crippen LogP contribution in [0.3, 0.4) is 0 Å². The first kappa shape index (κ1) is 24.2. The number of nitrogens with one attached hydrogen (secondary N) is 2. The number of carbonyl (C=O) groups excluding carboxylic acids is 1. The van der Waals surface area contributed by atoms with E-state index in [2.05, 4.69) is 50.5 Å². The number of halogens is 2. The molecule has 2 N–H and O–H groups in total. The highest BCUT2D eigenvalue weighted by atomic mass is 19.1. The summed E-state index contributed by atoms with van der Waals surface area (Å²) < 4.78 is 33.3. The Morgan fingerprint density at radius 2 is 1.47 bits per heavy atom. The van der Waals surface area contributed by atoms with E-state index in [4.69, 9.17) is 4.74 Å². The average molecular weight is 445 g/mol. The predicted octanol–water partition coefficient (Wildman–Crippen LogP) is 6.86. The lowest BCUT2D eigenvalue weighted by Gasteiger charge is -2.29. The van der Waals surface area contributed by atoms with Crippen LogP contribution in [0.5, 0.6) is 0 Å². The van der Waals surface area contributed by atoms with Crippen LogP contribution in [0.15, 0.2) is 36.4 Å². The normalized spacial score (nSPS) is 18.8. The van der Waals surface area contributed by atoms with Crippen molar-refractivity contribution in [2.45, 2.75) is 84.0 Å². The molecule has 0 saturated heterocycles. The molecule has 1 aliphatic carbocycles. The Morgan fingerprint density at radius 1 is 0.938 bits per heavy atom. The lowest BCUT2D eigenvalue weighted by molar-refractivity contribution is 0.00964.